The Balaban J connectivity index is 1.98. The Bertz CT molecular complexity index is 214. The first kappa shape index (κ1) is 6.28. The molecule has 0 heteroatoms. The molecule has 0 heterocycles. The molecule has 3 rings (SSSR count). The van der Waals surface area contributed by atoms with Gasteiger partial charge < -0.3 is 0 Å². The Labute approximate surface area is 68.7 Å². The first-order valence-electron chi connectivity index (χ1n) is 5.07. The molecule has 2 bridgehead atoms. The van der Waals surface area contributed by atoms with Crippen molar-refractivity contribution in [1.29, 1.82) is 0 Å². The quantitative estimate of drug-likeness (QED) is 0.462. The molecule has 11 heavy (non-hydrogen) atoms. The van der Waals surface area contributed by atoms with Crippen LogP contribution in [-0.2, 0) is 0 Å². The highest BCUT2D eigenvalue weighted by Gasteiger charge is 2.47. The van der Waals surface area contributed by atoms with E-state index in [4.69, 9.17) is 0 Å². The van der Waals surface area contributed by atoms with E-state index in [9.17, 15) is 0 Å². The summed E-state index contributed by atoms with van der Waals surface area (Å²) in [4.78, 5) is 0. The third-order valence-electron chi connectivity index (χ3n) is 4.28. The Morgan fingerprint density at radius 3 is 3.36 bits per heavy atom. The van der Waals surface area contributed by atoms with Crippen molar-refractivity contribution in [3.63, 3.8) is 0 Å². The van der Waals surface area contributed by atoms with Crippen LogP contribution in [0.2, 0.25) is 0 Å². The van der Waals surface area contributed by atoms with Crippen molar-refractivity contribution in [2.24, 2.45) is 11.3 Å². The van der Waals surface area contributed by atoms with Gasteiger partial charge in [0, 0.05) is 0 Å². The van der Waals surface area contributed by atoms with Gasteiger partial charge in [-0.25, -0.2) is 0 Å². The average Bonchev–Trinajstić information content (AvgIpc) is 2.58. The molecule has 60 valence electrons. The highest BCUT2D eigenvalue weighted by molar-refractivity contribution is 5.21. The monoisotopic (exact) mass is 148 g/mol. The molecule has 0 aliphatic heterocycles. The minimum Gasteiger partial charge on any atom is -0.0847 e. The third-order valence-corrected chi connectivity index (χ3v) is 4.28. The molecule has 3 aliphatic rings. The standard InChI is InChI=1S/C11H16/c1-2-10-4-3-9-5-7-11(10,6-1)8-9/h5,10H,1-4,6-8H2. The molecular weight excluding hydrogens is 132 g/mol. The van der Waals surface area contributed by atoms with Crippen LogP contribution in [0, 0.1) is 11.3 Å². The molecule has 0 N–H and O–H groups in total. The zero-order valence-corrected chi connectivity index (χ0v) is 7.10. The van der Waals surface area contributed by atoms with Gasteiger partial charge >= 0.3 is 0 Å². The number of fused-ring (bicyclic) bond motifs is 1. The first-order chi connectivity index (χ1) is 5.39. The summed E-state index contributed by atoms with van der Waals surface area (Å²) in [7, 11) is 0. The van der Waals surface area contributed by atoms with E-state index in [1.54, 1.807) is 12.0 Å². The minimum absolute atomic E-state index is 0.813. The van der Waals surface area contributed by atoms with Crippen molar-refractivity contribution < 1.29 is 0 Å². The molecule has 2 saturated carbocycles. The highest BCUT2D eigenvalue weighted by Crippen LogP contribution is 2.59. The van der Waals surface area contributed by atoms with Gasteiger partial charge in [-0.05, 0) is 49.9 Å². The second kappa shape index (κ2) is 1.91. The van der Waals surface area contributed by atoms with Crippen LogP contribution >= 0.6 is 0 Å². The van der Waals surface area contributed by atoms with Crippen LogP contribution in [0.5, 0.6) is 0 Å². The van der Waals surface area contributed by atoms with Crippen molar-refractivity contribution >= 4 is 0 Å². The molecule has 0 saturated heterocycles. The van der Waals surface area contributed by atoms with Crippen LogP contribution in [0.15, 0.2) is 11.6 Å². The van der Waals surface area contributed by atoms with Gasteiger partial charge in [-0.15, -0.1) is 0 Å². The summed E-state index contributed by atoms with van der Waals surface area (Å²) in [5.41, 5.74) is 2.61. The van der Waals surface area contributed by atoms with Crippen LogP contribution in [0.4, 0.5) is 0 Å². The summed E-state index contributed by atoms with van der Waals surface area (Å²) in [5.74, 6) is 1.12. The lowest BCUT2D eigenvalue weighted by molar-refractivity contribution is 0.183. The summed E-state index contributed by atoms with van der Waals surface area (Å²) in [6.07, 6.45) is 13.0. The van der Waals surface area contributed by atoms with Crippen LogP contribution in [-0.4, -0.2) is 0 Å². The van der Waals surface area contributed by atoms with Crippen molar-refractivity contribution in [2.75, 3.05) is 0 Å². The summed E-state index contributed by atoms with van der Waals surface area (Å²) in [5, 5.41) is 0. The summed E-state index contributed by atoms with van der Waals surface area (Å²) in [6.45, 7) is 0. The van der Waals surface area contributed by atoms with E-state index in [1.807, 2.05) is 0 Å². The molecule has 1 spiro atoms. The maximum atomic E-state index is 2.55. The van der Waals surface area contributed by atoms with E-state index in [1.165, 1.54) is 38.5 Å². The zero-order chi connectivity index (χ0) is 7.31. The van der Waals surface area contributed by atoms with Crippen LogP contribution in [0.1, 0.15) is 44.9 Å². The van der Waals surface area contributed by atoms with E-state index in [0.29, 0.717) is 0 Å². The molecule has 0 aromatic carbocycles. The molecule has 0 amide bonds. The predicted molar refractivity (Wildman–Crippen MR) is 46.3 cm³/mol. The SMILES string of the molecule is C1=C2CCC3CCCC3(C1)C2. The fourth-order valence-corrected chi connectivity index (χ4v) is 3.66. The van der Waals surface area contributed by atoms with Gasteiger partial charge in [0.2, 0.25) is 0 Å². The topological polar surface area (TPSA) is 0 Å². The van der Waals surface area contributed by atoms with Crippen molar-refractivity contribution in [1.82, 2.24) is 0 Å². The third kappa shape index (κ3) is 0.706. The lowest BCUT2D eigenvalue weighted by atomic mass is 9.69. The maximum Gasteiger partial charge on any atom is -0.0197 e. The van der Waals surface area contributed by atoms with Gasteiger partial charge in [0.15, 0.2) is 0 Å². The highest BCUT2D eigenvalue weighted by atomic mass is 14.5. The normalized spacial score (nSPS) is 47.3. The molecule has 0 aromatic heterocycles. The zero-order valence-electron chi connectivity index (χ0n) is 7.10. The maximum absolute atomic E-state index is 2.55. The smallest absolute Gasteiger partial charge is 0.0197 e. The molecule has 3 aliphatic carbocycles. The molecule has 2 unspecified atom stereocenters. The molecule has 2 fully saturated rings. The summed E-state index contributed by atoms with van der Waals surface area (Å²) in [6, 6.07) is 0. The second-order valence-corrected chi connectivity index (χ2v) is 4.73. The Morgan fingerprint density at radius 2 is 2.36 bits per heavy atom. The largest absolute Gasteiger partial charge is 0.0847 e. The van der Waals surface area contributed by atoms with E-state index in [-0.39, 0.29) is 0 Å². The lowest BCUT2D eigenvalue weighted by Crippen LogP contribution is -2.25. The van der Waals surface area contributed by atoms with Gasteiger partial charge in [-0.2, -0.15) is 0 Å². The van der Waals surface area contributed by atoms with Gasteiger partial charge in [0.25, 0.3) is 0 Å². The molecule has 0 nitrogen and oxygen atoms in total. The van der Waals surface area contributed by atoms with Gasteiger partial charge in [-0.1, -0.05) is 18.1 Å². The number of hydrogen-bond donors (Lipinski definition) is 0. The average molecular weight is 148 g/mol. The van der Waals surface area contributed by atoms with Crippen LogP contribution < -0.4 is 0 Å². The molecule has 0 aromatic rings. The number of hydrogen-bond acceptors (Lipinski definition) is 0. The van der Waals surface area contributed by atoms with E-state index >= 15 is 0 Å². The van der Waals surface area contributed by atoms with Gasteiger partial charge in [0.1, 0.15) is 0 Å². The summed E-state index contributed by atoms with van der Waals surface area (Å²) >= 11 is 0. The Kier molecular flexibility index (Phi) is 1.09. The number of rotatable bonds is 0. The van der Waals surface area contributed by atoms with E-state index < -0.39 is 0 Å². The number of allylic oxidation sites excluding steroid dienone is 2. The summed E-state index contributed by atoms with van der Waals surface area (Å²) < 4.78 is 0. The second-order valence-electron chi connectivity index (χ2n) is 4.73. The predicted octanol–water partition coefficient (Wildman–Crippen LogP) is 3.29. The van der Waals surface area contributed by atoms with Gasteiger partial charge in [-0.3, -0.25) is 0 Å². The lowest BCUT2D eigenvalue weighted by Gasteiger charge is -2.35. The Morgan fingerprint density at radius 1 is 1.36 bits per heavy atom. The van der Waals surface area contributed by atoms with Crippen LogP contribution in [0.3, 0.4) is 0 Å². The van der Waals surface area contributed by atoms with Crippen molar-refractivity contribution in [3.05, 3.63) is 11.6 Å². The van der Waals surface area contributed by atoms with Crippen molar-refractivity contribution in [3.8, 4) is 0 Å². The van der Waals surface area contributed by atoms with Crippen molar-refractivity contribution in [2.45, 2.75) is 44.9 Å². The molecular formula is C11H16. The van der Waals surface area contributed by atoms with Gasteiger partial charge in [0.05, 0.1) is 0 Å². The minimum atomic E-state index is 0.813. The van der Waals surface area contributed by atoms with E-state index in [0.717, 1.165) is 11.3 Å². The molecule has 0 radical (unpaired) electrons. The van der Waals surface area contributed by atoms with Crippen LogP contribution in [0.25, 0.3) is 0 Å². The Hall–Kier alpha value is -0.260. The first-order valence-corrected chi connectivity index (χ1v) is 5.07. The fourth-order valence-electron chi connectivity index (χ4n) is 3.66. The van der Waals surface area contributed by atoms with E-state index in [2.05, 4.69) is 6.08 Å². The molecule has 2 atom stereocenters. The fraction of sp³-hybridized carbons (Fsp3) is 0.818.